The van der Waals surface area contributed by atoms with E-state index < -0.39 is 11.7 Å². The van der Waals surface area contributed by atoms with Gasteiger partial charge in [-0.1, -0.05) is 29.8 Å². The molecule has 8 heteroatoms. The van der Waals surface area contributed by atoms with Crippen LogP contribution in [-0.2, 0) is 11.0 Å². The second kappa shape index (κ2) is 7.70. The maximum atomic E-state index is 12.6. The molecule has 0 aliphatic carbocycles. The lowest BCUT2D eigenvalue weighted by Crippen LogP contribution is -2.48. The number of piperazine rings is 1. The number of hydrogen-bond acceptors (Lipinski definition) is 3. The van der Waals surface area contributed by atoms with Crippen molar-refractivity contribution in [1.82, 2.24) is 9.88 Å². The first-order chi connectivity index (χ1) is 11.3. The van der Waals surface area contributed by atoms with Crippen LogP contribution in [0.2, 0.25) is 5.02 Å². The van der Waals surface area contributed by atoms with Gasteiger partial charge < -0.3 is 9.80 Å². The summed E-state index contributed by atoms with van der Waals surface area (Å²) in [7, 11) is 0. The van der Waals surface area contributed by atoms with Crippen LogP contribution in [0.3, 0.4) is 0 Å². The third-order valence-corrected chi connectivity index (χ3v) is 3.86. The van der Waals surface area contributed by atoms with E-state index in [1.54, 1.807) is 22.0 Å². The van der Waals surface area contributed by atoms with Crippen molar-refractivity contribution in [2.24, 2.45) is 0 Å². The zero-order valence-electron chi connectivity index (χ0n) is 13.1. The first-order valence-corrected chi connectivity index (χ1v) is 7.76. The molecule has 1 aliphatic heterocycles. The molecule has 2 heterocycles. The summed E-state index contributed by atoms with van der Waals surface area (Å²) in [5.74, 6) is 0.209. The average molecular weight is 360 g/mol. The van der Waals surface area contributed by atoms with Crippen molar-refractivity contribution in [1.29, 1.82) is 0 Å². The minimum atomic E-state index is -4.47. The summed E-state index contributed by atoms with van der Waals surface area (Å²) in [4.78, 5) is 19.3. The van der Waals surface area contributed by atoms with Crippen molar-refractivity contribution in [2.45, 2.75) is 13.1 Å². The highest BCUT2D eigenvalue weighted by atomic mass is 35.5. The smallest absolute Gasteiger partial charge is 0.352 e. The van der Waals surface area contributed by atoms with Gasteiger partial charge in [0, 0.05) is 38.5 Å². The van der Waals surface area contributed by atoms with E-state index in [0.29, 0.717) is 32.0 Å². The Morgan fingerprint density at radius 1 is 1.25 bits per heavy atom. The van der Waals surface area contributed by atoms with Crippen LogP contribution in [0.25, 0.3) is 0 Å². The van der Waals surface area contributed by atoms with Crippen molar-refractivity contribution < 1.29 is 18.0 Å². The van der Waals surface area contributed by atoms with Crippen molar-refractivity contribution in [2.75, 3.05) is 31.1 Å². The van der Waals surface area contributed by atoms with Crippen LogP contribution < -0.4 is 4.90 Å². The zero-order valence-corrected chi connectivity index (χ0v) is 13.8. The number of halogens is 4. The standard InChI is InChI=1S/C16H17ClF3N3O/c1-2-3-4-5-14(24)22-6-8-23(9-7-22)15-13(17)10-12(11-21-15)16(18,19)20/h2-5,10-11H,6-9H2,1H3. The topological polar surface area (TPSA) is 36.4 Å². The van der Waals surface area contributed by atoms with Crippen LogP contribution in [0, 0.1) is 0 Å². The molecule has 1 fully saturated rings. The fourth-order valence-corrected chi connectivity index (χ4v) is 2.60. The highest BCUT2D eigenvalue weighted by Crippen LogP contribution is 2.33. The van der Waals surface area contributed by atoms with E-state index in [-0.39, 0.29) is 10.9 Å². The highest BCUT2D eigenvalue weighted by molar-refractivity contribution is 6.33. The molecule has 1 amide bonds. The van der Waals surface area contributed by atoms with Crippen LogP contribution in [0.4, 0.5) is 19.0 Å². The molecule has 0 radical (unpaired) electrons. The van der Waals surface area contributed by atoms with Crippen LogP contribution in [-0.4, -0.2) is 42.0 Å². The fraction of sp³-hybridized carbons (Fsp3) is 0.375. The third kappa shape index (κ3) is 4.50. The Hall–Kier alpha value is -2.02. The Kier molecular flexibility index (Phi) is 5.88. The number of nitrogens with zero attached hydrogens (tertiary/aromatic N) is 3. The van der Waals surface area contributed by atoms with E-state index >= 15 is 0 Å². The summed E-state index contributed by atoms with van der Waals surface area (Å²) >= 11 is 5.95. The maximum Gasteiger partial charge on any atom is 0.417 e. The number of pyridine rings is 1. The molecule has 1 saturated heterocycles. The van der Waals surface area contributed by atoms with Gasteiger partial charge in [-0.25, -0.2) is 4.98 Å². The van der Waals surface area contributed by atoms with E-state index in [4.69, 9.17) is 11.6 Å². The molecule has 0 bridgehead atoms. The van der Waals surface area contributed by atoms with Gasteiger partial charge in [-0.3, -0.25) is 4.79 Å². The Morgan fingerprint density at radius 3 is 2.46 bits per heavy atom. The molecule has 0 N–H and O–H groups in total. The molecule has 0 aromatic carbocycles. The number of aromatic nitrogens is 1. The summed E-state index contributed by atoms with van der Waals surface area (Å²) < 4.78 is 37.9. The molecule has 0 atom stereocenters. The van der Waals surface area contributed by atoms with Gasteiger partial charge >= 0.3 is 6.18 Å². The monoisotopic (exact) mass is 359 g/mol. The molecular weight excluding hydrogens is 343 g/mol. The number of anilines is 1. The summed E-state index contributed by atoms with van der Waals surface area (Å²) in [6.07, 6.45) is 3.04. The molecule has 0 unspecified atom stereocenters. The molecule has 1 aromatic rings. The van der Waals surface area contributed by atoms with Gasteiger partial charge in [0.1, 0.15) is 5.82 Å². The highest BCUT2D eigenvalue weighted by Gasteiger charge is 2.32. The molecule has 0 spiro atoms. The number of carbonyl (C=O) groups is 1. The van der Waals surface area contributed by atoms with Crippen LogP contribution in [0.15, 0.2) is 36.6 Å². The minimum absolute atomic E-state index is 0.0439. The SMILES string of the molecule is CC=CC=CC(=O)N1CCN(c2ncc(C(F)(F)F)cc2Cl)CC1. The molecule has 2 rings (SSSR count). The van der Waals surface area contributed by atoms with E-state index in [9.17, 15) is 18.0 Å². The Balaban J connectivity index is 2.01. The van der Waals surface area contributed by atoms with E-state index in [1.807, 2.05) is 13.0 Å². The summed E-state index contributed by atoms with van der Waals surface area (Å²) in [6, 6.07) is 0.876. The second-order valence-corrected chi connectivity index (χ2v) is 5.63. The molecule has 4 nitrogen and oxygen atoms in total. The van der Waals surface area contributed by atoms with Crippen molar-refractivity contribution in [3.8, 4) is 0 Å². The van der Waals surface area contributed by atoms with Gasteiger partial charge in [-0.05, 0) is 13.0 Å². The maximum absolute atomic E-state index is 12.6. The predicted octanol–water partition coefficient (Wildman–Crippen LogP) is 3.53. The molecule has 1 aromatic heterocycles. The first-order valence-electron chi connectivity index (χ1n) is 7.39. The first kappa shape index (κ1) is 18.3. The Morgan fingerprint density at radius 2 is 1.92 bits per heavy atom. The Bertz CT molecular complexity index is 650. The largest absolute Gasteiger partial charge is 0.417 e. The molecule has 24 heavy (non-hydrogen) atoms. The van der Waals surface area contributed by atoms with Crippen molar-refractivity contribution >= 4 is 23.3 Å². The normalized spacial score (nSPS) is 16.4. The Labute approximate surface area is 143 Å². The average Bonchev–Trinajstić information content (AvgIpc) is 2.54. The van der Waals surface area contributed by atoms with Gasteiger partial charge in [0.15, 0.2) is 0 Å². The molecule has 130 valence electrons. The van der Waals surface area contributed by atoms with Crippen molar-refractivity contribution in [3.05, 3.63) is 47.2 Å². The molecular formula is C16H17ClF3N3O. The summed E-state index contributed by atoms with van der Waals surface area (Å²) in [5, 5.41) is -0.0439. The van der Waals surface area contributed by atoms with Gasteiger partial charge in [-0.15, -0.1) is 0 Å². The second-order valence-electron chi connectivity index (χ2n) is 5.22. The van der Waals surface area contributed by atoms with E-state index in [1.165, 1.54) is 6.08 Å². The number of rotatable bonds is 3. The van der Waals surface area contributed by atoms with Gasteiger partial charge in [0.05, 0.1) is 10.6 Å². The van der Waals surface area contributed by atoms with Gasteiger partial charge in [-0.2, -0.15) is 13.2 Å². The number of allylic oxidation sites excluding steroid dienone is 3. The van der Waals surface area contributed by atoms with Gasteiger partial charge in [0.25, 0.3) is 0 Å². The van der Waals surface area contributed by atoms with E-state index in [2.05, 4.69) is 4.98 Å². The van der Waals surface area contributed by atoms with Crippen LogP contribution in [0.1, 0.15) is 12.5 Å². The predicted molar refractivity (Wildman–Crippen MR) is 87.0 cm³/mol. The summed E-state index contributed by atoms with van der Waals surface area (Å²) in [6.45, 7) is 3.69. The third-order valence-electron chi connectivity index (χ3n) is 3.58. The number of hydrogen-bond donors (Lipinski definition) is 0. The lowest BCUT2D eigenvalue weighted by molar-refractivity contribution is -0.137. The molecule has 0 saturated carbocycles. The number of carbonyl (C=O) groups excluding carboxylic acids is 1. The van der Waals surface area contributed by atoms with Gasteiger partial charge in [0.2, 0.25) is 5.91 Å². The van der Waals surface area contributed by atoms with Crippen molar-refractivity contribution in [3.63, 3.8) is 0 Å². The quantitative estimate of drug-likeness (QED) is 0.612. The van der Waals surface area contributed by atoms with E-state index in [0.717, 1.165) is 12.3 Å². The summed E-state index contributed by atoms with van der Waals surface area (Å²) in [5.41, 5.74) is -0.876. The molecule has 1 aliphatic rings. The lowest BCUT2D eigenvalue weighted by Gasteiger charge is -2.35. The van der Waals surface area contributed by atoms with Crippen LogP contribution in [0.5, 0.6) is 0 Å². The van der Waals surface area contributed by atoms with Crippen LogP contribution >= 0.6 is 11.6 Å². The number of amides is 1. The fourth-order valence-electron chi connectivity index (χ4n) is 2.31. The lowest BCUT2D eigenvalue weighted by atomic mass is 10.2. The number of alkyl halides is 3. The minimum Gasteiger partial charge on any atom is -0.352 e. The zero-order chi connectivity index (χ0) is 17.7.